The van der Waals surface area contributed by atoms with Gasteiger partial charge < -0.3 is 33.0 Å². The normalized spacial score (nSPS) is 12.3. The number of hydrogen-bond acceptors (Lipinski definition) is 7. The van der Waals surface area contributed by atoms with Gasteiger partial charge >= 0.3 is 0 Å². The van der Waals surface area contributed by atoms with Crippen molar-refractivity contribution in [2.45, 2.75) is 0 Å². The predicted octanol–water partition coefficient (Wildman–Crippen LogP) is 18.9. The van der Waals surface area contributed by atoms with Crippen molar-refractivity contribution in [1.29, 1.82) is 0 Å². The third-order valence-electron chi connectivity index (χ3n) is 16.4. The molecule has 0 aliphatic carbocycles. The molecule has 13 aromatic carbocycles. The van der Waals surface area contributed by atoms with Crippen LogP contribution in [-0.2, 0) is 0 Å². The number of benzene rings is 13. The van der Waals surface area contributed by atoms with Crippen molar-refractivity contribution >= 4 is 140 Å². The van der Waals surface area contributed by atoms with E-state index in [1.165, 1.54) is 0 Å². The second-order valence-electron chi connectivity index (χ2n) is 21.1. The van der Waals surface area contributed by atoms with Gasteiger partial charge in [0.1, 0.15) is 45.3 Å². The molecule has 15 aromatic rings. The molecule has 0 unspecified atom stereocenters. The van der Waals surface area contributed by atoms with E-state index in [9.17, 15) is 0 Å². The van der Waals surface area contributed by atoms with Crippen LogP contribution in [0, 0.1) is 0 Å². The Balaban J connectivity index is 0.901. The summed E-state index contributed by atoms with van der Waals surface area (Å²) in [6.45, 7) is -0.318. The molecule has 0 spiro atoms. The summed E-state index contributed by atoms with van der Waals surface area (Å²) < 4.78 is 29.0. The van der Waals surface area contributed by atoms with Crippen molar-refractivity contribution in [2.75, 3.05) is 14.7 Å². The van der Waals surface area contributed by atoms with Crippen molar-refractivity contribution in [1.82, 2.24) is 0 Å². The molecule has 4 heterocycles. The lowest BCUT2D eigenvalue weighted by Crippen LogP contribution is -2.57. The van der Waals surface area contributed by atoms with E-state index in [0.29, 0.717) is 0 Å². The Hall–Kier alpha value is -11.0. The summed E-state index contributed by atoms with van der Waals surface area (Å²) in [4.78, 5) is 6.90. The third-order valence-corrected chi connectivity index (χ3v) is 16.4. The van der Waals surface area contributed by atoms with Crippen molar-refractivity contribution in [3.63, 3.8) is 0 Å². The van der Waals surface area contributed by atoms with E-state index in [4.69, 9.17) is 18.3 Å². The second kappa shape index (κ2) is 18.3. The largest absolute Gasteiger partial charge is 0.458 e. The highest BCUT2D eigenvalue weighted by atomic mass is 16.5. The van der Waals surface area contributed by atoms with E-state index in [0.717, 1.165) is 156 Å². The Labute approximate surface area is 472 Å². The summed E-state index contributed by atoms with van der Waals surface area (Å²) in [6, 6.07) is 98.0. The molecule has 0 saturated carbocycles. The van der Waals surface area contributed by atoms with Gasteiger partial charge in [0.15, 0.2) is 0 Å². The van der Waals surface area contributed by atoms with Gasteiger partial charge in [-0.2, -0.15) is 0 Å². The molecule has 82 heavy (non-hydrogen) atoms. The van der Waals surface area contributed by atoms with Crippen LogP contribution in [0.3, 0.4) is 0 Å². The van der Waals surface area contributed by atoms with Gasteiger partial charge in [-0.05, 0) is 119 Å². The summed E-state index contributed by atoms with van der Waals surface area (Å²) in [5.74, 6) is 2.94. The molecule has 0 saturated heterocycles. The molecular formula is C74H46BN3O4. The first-order chi connectivity index (χ1) is 40.7. The molecule has 0 N–H and O–H groups in total. The van der Waals surface area contributed by atoms with Crippen LogP contribution in [0.4, 0.5) is 51.2 Å². The van der Waals surface area contributed by atoms with Crippen LogP contribution < -0.4 is 40.6 Å². The summed E-state index contributed by atoms with van der Waals surface area (Å²) in [6.07, 6.45) is 0. The monoisotopic (exact) mass is 1050 g/mol. The van der Waals surface area contributed by atoms with Crippen LogP contribution in [0.25, 0.3) is 65.4 Å². The molecule has 0 bridgehead atoms. The second-order valence-corrected chi connectivity index (χ2v) is 21.1. The Morgan fingerprint density at radius 1 is 0.244 bits per heavy atom. The maximum Gasteiger partial charge on any atom is 0.261 e. The SMILES string of the molecule is c1ccc(N(c2ccccc2)c2cc3c4c(c2)Oc2cc5c(cc2B4c2cc4oc6cc(N(c7ccccc7)c7ccccc7)c7ccccc7c6c4cc2O3)oc2cc(N(c3ccccc3)c3ccccc3)c3ccccc3c25)cc1. The maximum absolute atomic E-state index is 7.33. The molecule has 0 radical (unpaired) electrons. The number of nitrogens with zero attached hydrogens (tertiary/aromatic N) is 3. The Kier molecular flexibility index (Phi) is 10.3. The van der Waals surface area contributed by atoms with Gasteiger partial charge in [0, 0.05) is 96.2 Å². The Bertz CT molecular complexity index is 4610. The van der Waals surface area contributed by atoms with E-state index in [-0.39, 0.29) is 6.71 Å². The highest BCUT2D eigenvalue weighted by Crippen LogP contribution is 2.50. The van der Waals surface area contributed by atoms with Gasteiger partial charge in [0.25, 0.3) is 6.71 Å². The lowest BCUT2D eigenvalue weighted by Gasteiger charge is -2.35. The molecule has 17 rings (SSSR count). The number of ether oxygens (including phenoxy) is 2. The number of fused-ring (bicyclic) bond motifs is 14. The Morgan fingerprint density at radius 2 is 0.561 bits per heavy atom. The van der Waals surface area contributed by atoms with Crippen LogP contribution in [0.2, 0.25) is 0 Å². The molecule has 0 fully saturated rings. The number of rotatable bonds is 9. The van der Waals surface area contributed by atoms with Gasteiger partial charge in [-0.25, -0.2) is 0 Å². The van der Waals surface area contributed by atoms with Gasteiger partial charge in [-0.15, -0.1) is 0 Å². The molecule has 2 aromatic heterocycles. The first kappa shape index (κ1) is 46.0. The lowest BCUT2D eigenvalue weighted by atomic mass is 9.34. The minimum absolute atomic E-state index is 0.318. The number of anilines is 9. The quantitative estimate of drug-likeness (QED) is 0.134. The summed E-state index contributed by atoms with van der Waals surface area (Å²) in [7, 11) is 0. The lowest BCUT2D eigenvalue weighted by molar-refractivity contribution is 0.465. The fourth-order valence-corrected chi connectivity index (χ4v) is 13.0. The summed E-state index contributed by atoms with van der Waals surface area (Å²) in [5, 5.41) is 8.38. The fraction of sp³-hybridized carbons (Fsp3) is 0. The van der Waals surface area contributed by atoms with Gasteiger partial charge in [0.05, 0.1) is 17.1 Å². The van der Waals surface area contributed by atoms with E-state index in [1.54, 1.807) is 0 Å². The predicted molar refractivity (Wildman–Crippen MR) is 338 cm³/mol. The van der Waals surface area contributed by atoms with E-state index in [2.05, 4.69) is 282 Å². The zero-order valence-corrected chi connectivity index (χ0v) is 44.1. The smallest absolute Gasteiger partial charge is 0.261 e. The number of furan rings is 2. The fourth-order valence-electron chi connectivity index (χ4n) is 13.0. The molecule has 2 aliphatic rings. The van der Waals surface area contributed by atoms with Crippen LogP contribution >= 0.6 is 0 Å². The molecular weight excluding hydrogens is 1010 g/mol. The first-order valence-corrected chi connectivity index (χ1v) is 27.7. The topological polar surface area (TPSA) is 54.5 Å². The number of hydrogen-bond donors (Lipinski definition) is 0. The Morgan fingerprint density at radius 3 is 0.915 bits per heavy atom. The van der Waals surface area contributed by atoms with Crippen molar-refractivity contribution < 1.29 is 18.3 Å². The molecule has 7 nitrogen and oxygen atoms in total. The molecule has 0 atom stereocenters. The van der Waals surface area contributed by atoms with Gasteiger partial charge in [-0.1, -0.05) is 158 Å². The average molecular weight is 1050 g/mol. The third kappa shape index (κ3) is 7.18. The standard InChI is InChI=1S/C74H46BN3O4/c1-7-23-47(24-8-1)76(48-25-9-2-10-26-48)53-39-70-74-71(40-53)82-67-42-59-65(80-69-46-63(55-36-20-22-38-57(55)73(59)69)78(51-31-15-5-16-32-51)52-33-17-6-18-34-52)44-61(67)75(74)60-43-64-58(41-66(60)81-70)72-56-37-21-19-35-54(56)62(45-68(72)79-64)77(49-27-11-3-12-28-49)50-29-13-4-14-30-50/h1-46H. The molecule has 8 heteroatoms. The summed E-state index contributed by atoms with van der Waals surface area (Å²) >= 11 is 0. The van der Waals surface area contributed by atoms with E-state index < -0.39 is 0 Å². The van der Waals surface area contributed by atoms with E-state index >= 15 is 0 Å². The highest BCUT2D eigenvalue weighted by Gasteiger charge is 2.42. The minimum Gasteiger partial charge on any atom is -0.458 e. The zero-order valence-electron chi connectivity index (χ0n) is 44.1. The zero-order chi connectivity index (χ0) is 53.8. The van der Waals surface area contributed by atoms with Gasteiger partial charge in [-0.3, -0.25) is 0 Å². The minimum atomic E-state index is -0.318. The van der Waals surface area contributed by atoms with Crippen LogP contribution in [0.15, 0.2) is 288 Å². The van der Waals surface area contributed by atoms with Crippen LogP contribution in [-0.4, -0.2) is 6.71 Å². The molecule has 2 aliphatic heterocycles. The molecule has 0 amide bonds. The maximum atomic E-state index is 7.33. The summed E-state index contributed by atoms with van der Waals surface area (Å²) in [5.41, 5.74) is 15.2. The number of para-hydroxylation sites is 6. The van der Waals surface area contributed by atoms with Crippen molar-refractivity contribution in [3.8, 4) is 23.0 Å². The molecule has 384 valence electrons. The van der Waals surface area contributed by atoms with Crippen LogP contribution in [0.5, 0.6) is 23.0 Å². The van der Waals surface area contributed by atoms with Gasteiger partial charge in [0.2, 0.25) is 0 Å². The van der Waals surface area contributed by atoms with E-state index in [1.807, 2.05) is 12.1 Å². The highest BCUT2D eigenvalue weighted by molar-refractivity contribution is 6.98. The average Bonchev–Trinajstić information content (AvgIpc) is 3.78. The first-order valence-electron chi connectivity index (χ1n) is 27.7. The van der Waals surface area contributed by atoms with Crippen molar-refractivity contribution in [2.24, 2.45) is 0 Å². The van der Waals surface area contributed by atoms with Crippen molar-refractivity contribution in [3.05, 3.63) is 279 Å². The van der Waals surface area contributed by atoms with Crippen LogP contribution in [0.1, 0.15) is 0 Å².